The van der Waals surface area contributed by atoms with Crippen LogP contribution >= 0.6 is 11.6 Å². The van der Waals surface area contributed by atoms with E-state index in [1.807, 2.05) is 6.92 Å². The van der Waals surface area contributed by atoms with E-state index in [1.54, 1.807) is 6.26 Å². The number of nitrogens with zero attached hydrogens (tertiary/aromatic N) is 1. The van der Waals surface area contributed by atoms with Gasteiger partial charge in [0.05, 0.1) is 15.5 Å². The third-order valence-electron chi connectivity index (χ3n) is 2.81. The molecule has 2 unspecified atom stereocenters. The van der Waals surface area contributed by atoms with E-state index in [-0.39, 0.29) is 21.5 Å². The number of nitro benzene ring substituents is 1. The van der Waals surface area contributed by atoms with Gasteiger partial charge in [0.25, 0.3) is 11.6 Å². The molecule has 0 saturated heterocycles. The van der Waals surface area contributed by atoms with E-state index in [1.165, 1.54) is 12.1 Å². The van der Waals surface area contributed by atoms with Gasteiger partial charge in [-0.15, -0.1) is 0 Å². The number of benzene rings is 1. The molecule has 0 aliphatic carbocycles. The van der Waals surface area contributed by atoms with Crippen LogP contribution in [0.3, 0.4) is 0 Å². The molecule has 20 heavy (non-hydrogen) atoms. The lowest BCUT2D eigenvalue weighted by Gasteiger charge is -2.10. The molecular formula is C12H15ClN2O4S. The monoisotopic (exact) mass is 318 g/mol. The van der Waals surface area contributed by atoms with E-state index in [4.69, 9.17) is 11.6 Å². The van der Waals surface area contributed by atoms with Crippen LogP contribution in [-0.2, 0) is 10.8 Å². The molecule has 0 spiro atoms. The molecule has 110 valence electrons. The Labute approximate surface area is 124 Å². The van der Waals surface area contributed by atoms with Crippen molar-refractivity contribution in [2.45, 2.75) is 18.6 Å². The van der Waals surface area contributed by atoms with Gasteiger partial charge < -0.3 is 5.32 Å². The van der Waals surface area contributed by atoms with Gasteiger partial charge in [-0.1, -0.05) is 18.5 Å². The first-order valence-electron chi connectivity index (χ1n) is 5.87. The van der Waals surface area contributed by atoms with Crippen LogP contribution in [-0.4, -0.2) is 33.1 Å². The highest BCUT2D eigenvalue weighted by Gasteiger charge is 2.16. The number of amides is 1. The number of hydrogen-bond acceptors (Lipinski definition) is 4. The number of halogens is 1. The molecule has 0 aliphatic heterocycles. The highest BCUT2D eigenvalue weighted by atomic mass is 35.5. The molecular weight excluding hydrogens is 304 g/mol. The first-order valence-corrected chi connectivity index (χ1v) is 7.87. The Kier molecular flexibility index (Phi) is 6.09. The van der Waals surface area contributed by atoms with E-state index >= 15 is 0 Å². The summed E-state index contributed by atoms with van der Waals surface area (Å²) in [5.74, 6) is -0.479. The first kappa shape index (κ1) is 16.6. The smallest absolute Gasteiger partial charge is 0.270 e. The molecule has 1 N–H and O–H groups in total. The topological polar surface area (TPSA) is 89.3 Å². The summed E-state index contributed by atoms with van der Waals surface area (Å²) in [7, 11) is -0.950. The predicted molar refractivity (Wildman–Crippen MR) is 78.6 cm³/mol. The Morgan fingerprint density at radius 3 is 2.75 bits per heavy atom. The highest BCUT2D eigenvalue weighted by molar-refractivity contribution is 7.84. The van der Waals surface area contributed by atoms with Crippen LogP contribution in [0.25, 0.3) is 0 Å². The van der Waals surface area contributed by atoms with Crippen LogP contribution in [0.4, 0.5) is 5.69 Å². The zero-order chi connectivity index (χ0) is 15.3. The maximum Gasteiger partial charge on any atom is 0.270 e. The largest absolute Gasteiger partial charge is 0.352 e. The normalized spacial score (nSPS) is 13.6. The number of nitrogens with one attached hydrogen (secondary N) is 1. The molecule has 1 aromatic carbocycles. The Hall–Kier alpha value is -1.47. The van der Waals surface area contributed by atoms with Gasteiger partial charge >= 0.3 is 0 Å². The van der Waals surface area contributed by atoms with Crippen molar-refractivity contribution in [2.75, 3.05) is 12.8 Å². The average Bonchev–Trinajstić information content (AvgIpc) is 2.38. The minimum atomic E-state index is -0.950. The predicted octanol–water partition coefficient (Wildman–Crippen LogP) is 2.14. The quantitative estimate of drug-likeness (QED) is 0.642. The molecule has 0 aliphatic rings. The van der Waals surface area contributed by atoms with Gasteiger partial charge in [0.1, 0.15) is 0 Å². The van der Waals surface area contributed by atoms with E-state index in [2.05, 4.69) is 5.32 Å². The number of rotatable bonds is 6. The Morgan fingerprint density at radius 1 is 1.55 bits per heavy atom. The van der Waals surface area contributed by atoms with Crippen LogP contribution in [0.1, 0.15) is 23.7 Å². The molecule has 1 aromatic rings. The van der Waals surface area contributed by atoms with Gasteiger partial charge in [-0.3, -0.25) is 19.1 Å². The van der Waals surface area contributed by atoms with Crippen LogP contribution in [0.2, 0.25) is 5.02 Å². The Morgan fingerprint density at radius 2 is 2.20 bits per heavy atom. The summed E-state index contributed by atoms with van der Waals surface area (Å²) < 4.78 is 11.2. The zero-order valence-electron chi connectivity index (χ0n) is 11.1. The molecule has 0 heterocycles. The number of carbonyl (C=O) groups is 1. The van der Waals surface area contributed by atoms with Crippen LogP contribution < -0.4 is 5.32 Å². The summed E-state index contributed by atoms with van der Waals surface area (Å²) in [5.41, 5.74) is -0.131. The van der Waals surface area contributed by atoms with E-state index < -0.39 is 21.6 Å². The molecule has 1 rings (SSSR count). The lowest BCUT2D eigenvalue weighted by Crippen LogP contribution is -2.27. The third kappa shape index (κ3) is 4.57. The second-order valence-corrected chi connectivity index (χ2v) is 6.48. The lowest BCUT2D eigenvalue weighted by atomic mass is 10.2. The fraction of sp³-hybridized carbons (Fsp3) is 0.417. The first-order chi connectivity index (χ1) is 9.32. The van der Waals surface area contributed by atoms with Gasteiger partial charge in [-0.05, 0) is 12.5 Å². The van der Waals surface area contributed by atoms with Crippen LogP contribution in [0.15, 0.2) is 18.2 Å². The Balaban J connectivity index is 2.70. The third-order valence-corrected chi connectivity index (χ3v) is 4.51. The molecule has 0 fully saturated rings. The number of nitro groups is 1. The van der Waals surface area contributed by atoms with Crippen molar-refractivity contribution in [3.63, 3.8) is 0 Å². The highest BCUT2D eigenvalue weighted by Crippen LogP contribution is 2.21. The molecule has 0 saturated carbocycles. The summed E-state index contributed by atoms with van der Waals surface area (Å²) in [6, 6.07) is 3.69. The minimum absolute atomic E-state index is 0.0316. The van der Waals surface area contributed by atoms with Crippen molar-refractivity contribution in [3.05, 3.63) is 38.9 Å². The summed E-state index contributed by atoms with van der Waals surface area (Å²) >= 11 is 5.86. The van der Waals surface area contributed by atoms with Crippen molar-refractivity contribution in [3.8, 4) is 0 Å². The number of non-ortho nitro benzene ring substituents is 1. The molecule has 1 amide bonds. The second kappa shape index (κ2) is 7.35. The van der Waals surface area contributed by atoms with Crippen molar-refractivity contribution >= 4 is 34.0 Å². The molecule has 0 radical (unpaired) electrons. The van der Waals surface area contributed by atoms with Gasteiger partial charge in [-0.2, -0.15) is 0 Å². The fourth-order valence-electron chi connectivity index (χ4n) is 1.45. The standard InChI is InChI=1S/C12H15ClN2O4S/c1-8(20(2)19)5-6-14-12(16)10-7-9(15(17)18)3-4-11(10)13/h3-4,7-8H,5-6H2,1-2H3,(H,14,16). The van der Waals surface area contributed by atoms with E-state index in [0.717, 1.165) is 6.07 Å². The number of hydrogen-bond donors (Lipinski definition) is 1. The van der Waals surface area contributed by atoms with Crippen molar-refractivity contribution in [1.29, 1.82) is 0 Å². The summed E-state index contributed by atoms with van der Waals surface area (Å²) in [6.07, 6.45) is 2.16. The molecule has 8 heteroatoms. The summed E-state index contributed by atoms with van der Waals surface area (Å²) in [5, 5.41) is 13.4. The minimum Gasteiger partial charge on any atom is -0.352 e. The van der Waals surface area contributed by atoms with Gasteiger partial charge in [0, 0.05) is 41.0 Å². The van der Waals surface area contributed by atoms with Gasteiger partial charge in [0.15, 0.2) is 0 Å². The van der Waals surface area contributed by atoms with Crippen molar-refractivity contribution in [1.82, 2.24) is 5.32 Å². The number of carbonyl (C=O) groups excluding carboxylic acids is 1. The molecule has 2 atom stereocenters. The average molecular weight is 319 g/mol. The maximum atomic E-state index is 11.9. The Bertz CT molecular complexity index is 550. The van der Waals surface area contributed by atoms with Crippen molar-refractivity contribution in [2.24, 2.45) is 0 Å². The molecule has 6 nitrogen and oxygen atoms in total. The summed E-state index contributed by atoms with van der Waals surface area (Å²) in [4.78, 5) is 22.0. The lowest BCUT2D eigenvalue weighted by molar-refractivity contribution is -0.384. The fourth-order valence-corrected chi connectivity index (χ4v) is 2.10. The van der Waals surface area contributed by atoms with E-state index in [9.17, 15) is 19.1 Å². The SMILES string of the molecule is CC(CCNC(=O)c1cc([N+](=O)[O-])ccc1Cl)S(C)=O. The van der Waals surface area contributed by atoms with Gasteiger partial charge in [0.2, 0.25) is 0 Å². The van der Waals surface area contributed by atoms with Gasteiger partial charge in [-0.25, -0.2) is 0 Å². The second-order valence-electron chi connectivity index (χ2n) is 4.28. The molecule has 0 aromatic heterocycles. The van der Waals surface area contributed by atoms with Crippen molar-refractivity contribution < 1.29 is 13.9 Å². The molecule has 0 bridgehead atoms. The van der Waals surface area contributed by atoms with Crippen LogP contribution in [0, 0.1) is 10.1 Å². The summed E-state index contributed by atoms with van der Waals surface area (Å²) in [6.45, 7) is 2.15. The zero-order valence-corrected chi connectivity index (χ0v) is 12.7. The maximum absolute atomic E-state index is 11.9. The van der Waals surface area contributed by atoms with E-state index in [0.29, 0.717) is 13.0 Å². The van der Waals surface area contributed by atoms with Crippen LogP contribution in [0.5, 0.6) is 0 Å².